The minimum absolute atomic E-state index is 0.116. The number of amides is 1. The summed E-state index contributed by atoms with van der Waals surface area (Å²) in [5.74, 6) is 0.850. The predicted molar refractivity (Wildman–Crippen MR) is 81.3 cm³/mol. The van der Waals surface area contributed by atoms with Gasteiger partial charge in [0.15, 0.2) is 5.82 Å². The van der Waals surface area contributed by atoms with Crippen molar-refractivity contribution in [3.8, 4) is 5.82 Å². The van der Waals surface area contributed by atoms with Crippen LogP contribution in [0.3, 0.4) is 0 Å². The molecule has 1 amide bonds. The lowest BCUT2D eigenvalue weighted by Crippen LogP contribution is -2.31. The number of aromatic nitrogens is 3. The molecule has 0 radical (unpaired) electrons. The van der Waals surface area contributed by atoms with E-state index < -0.39 is 0 Å². The highest BCUT2D eigenvalue weighted by molar-refractivity contribution is 5.95. The van der Waals surface area contributed by atoms with E-state index >= 15 is 0 Å². The number of pyridine rings is 1. The van der Waals surface area contributed by atoms with E-state index in [0.717, 1.165) is 5.69 Å². The summed E-state index contributed by atoms with van der Waals surface area (Å²) in [6, 6.07) is 5.61. The number of carbonyl (C=O) groups excluding carboxylic acids is 1. The monoisotopic (exact) mass is 287 g/mol. The summed E-state index contributed by atoms with van der Waals surface area (Å²) in [6.45, 7) is 5.11. The quantitative estimate of drug-likeness (QED) is 0.834. The van der Waals surface area contributed by atoms with Crippen LogP contribution in [-0.2, 0) is 6.42 Å². The minimum Gasteiger partial charge on any atom is -0.352 e. The van der Waals surface area contributed by atoms with E-state index in [2.05, 4.69) is 15.4 Å². The van der Waals surface area contributed by atoms with Gasteiger partial charge in [-0.2, -0.15) is 5.10 Å². The smallest absolute Gasteiger partial charge is 0.254 e. The molecular formula is C15H21N5O. The lowest BCUT2D eigenvalue weighted by Gasteiger charge is -2.10. The molecule has 0 saturated heterocycles. The first-order valence-corrected chi connectivity index (χ1v) is 7.14. The number of carbonyl (C=O) groups is 1. The average Bonchev–Trinajstić information content (AvgIpc) is 2.97. The van der Waals surface area contributed by atoms with Crippen LogP contribution in [0.4, 0.5) is 0 Å². The third-order valence-corrected chi connectivity index (χ3v) is 3.33. The highest BCUT2D eigenvalue weighted by Gasteiger charge is 2.17. The van der Waals surface area contributed by atoms with Crippen LogP contribution in [0, 0.1) is 5.92 Å². The first-order valence-electron chi connectivity index (χ1n) is 7.14. The highest BCUT2D eigenvalue weighted by Crippen LogP contribution is 2.14. The van der Waals surface area contributed by atoms with Crippen molar-refractivity contribution < 1.29 is 4.79 Å². The van der Waals surface area contributed by atoms with Crippen molar-refractivity contribution in [2.24, 2.45) is 11.7 Å². The Balaban J connectivity index is 2.22. The van der Waals surface area contributed by atoms with Gasteiger partial charge in [-0.15, -0.1) is 0 Å². The van der Waals surface area contributed by atoms with Gasteiger partial charge in [-0.1, -0.05) is 19.9 Å². The first-order chi connectivity index (χ1) is 10.2. The van der Waals surface area contributed by atoms with Gasteiger partial charge < -0.3 is 11.1 Å². The van der Waals surface area contributed by atoms with Crippen molar-refractivity contribution in [3.05, 3.63) is 41.9 Å². The van der Waals surface area contributed by atoms with E-state index in [1.807, 2.05) is 32.0 Å². The standard InChI is InChI=1S/C15H21N5O/c1-3-13-12(15(21)18-9-11(2)8-16)10-19-20(13)14-6-4-5-7-17-14/h4-7,10-11H,3,8-9,16H2,1-2H3,(H,18,21). The molecule has 2 aromatic rings. The predicted octanol–water partition coefficient (Wildman–Crippen LogP) is 1.15. The zero-order valence-electron chi connectivity index (χ0n) is 12.4. The van der Waals surface area contributed by atoms with Crippen LogP contribution in [0.5, 0.6) is 0 Å². The Kier molecular flexibility index (Phi) is 5.05. The maximum atomic E-state index is 12.3. The van der Waals surface area contributed by atoms with E-state index in [1.54, 1.807) is 17.1 Å². The number of nitrogens with zero attached hydrogens (tertiary/aromatic N) is 3. The SMILES string of the molecule is CCc1c(C(=O)NCC(C)CN)cnn1-c1ccccn1. The number of hydrogen-bond acceptors (Lipinski definition) is 4. The van der Waals surface area contributed by atoms with Crippen molar-refractivity contribution in [2.45, 2.75) is 20.3 Å². The minimum atomic E-state index is -0.116. The largest absolute Gasteiger partial charge is 0.352 e. The van der Waals surface area contributed by atoms with Gasteiger partial charge in [0.2, 0.25) is 0 Å². The van der Waals surface area contributed by atoms with Crippen LogP contribution in [0.1, 0.15) is 29.9 Å². The molecule has 0 aromatic carbocycles. The topological polar surface area (TPSA) is 85.8 Å². The number of hydrogen-bond donors (Lipinski definition) is 2. The second-order valence-corrected chi connectivity index (χ2v) is 5.01. The molecule has 21 heavy (non-hydrogen) atoms. The van der Waals surface area contributed by atoms with E-state index in [9.17, 15) is 4.79 Å². The Morgan fingerprint density at radius 1 is 1.48 bits per heavy atom. The van der Waals surface area contributed by atoms with Gasteiger partial charge in [-0.3, -0.25) is 4.79 Å². The first kappa shape index (κ1) is 15.2. The average molecular weight is 287 g/mol. The molecule has 2 rings (SSSR count). The highest BCUT2D eigenvalue weighted by atomic mass is 16.1. The second kappa shape index (κ2) is 6.99. The summed E-state index contributed by atoms with van der Waals surface area (Å²) >= 11 is 0. The molecule has 0 aliphatic heterocycles. The fourth-order valence-electron chi connectivity index (χ4n) is 2.03. The zero-order valence-corrected chi connectivity index (χ0v) is 12.4. The molecule has 2 heterocycles. The van der Waals surface area contributed by atoms with Crippen molar-refractivity contribution in [2.75, 3.05) is 13.1 Å². The molecule has 112 valence electrons. The number of nitrogens with two attached hydrogens (primary N) is 1. The Morgan fingerprint density at radius 3 is 2.90 bits per heavy atom. The normalized spacial score (nSPS) is 12.1. The second-order valence-electron chi connectivity index (χ2n) is 5.01. The van der Waals surface area contributed by atoms with Gasteiger partial charge >= 0.3 is 0 Å². The van der Waals surface area contributed by atoms with Crippen molar-refractivity contribution in [1.29, 1.82) is 0 Å². The van der Waals surface area contributed by atoms with Crippen molar-refractivity contribution in [3.63, 3.8) is 0 Å². The Labute approximate surface area is 124 Å². The van der Waals surface area contributed by atoms with Gasteiger partial charge in [-0.25, -0.2) is 9.67 Å². The summed E-state index contributed by atoms with van der Waals surface area (Å²) in [5, 5.41) is 7.19. The maximum Gasteiger partial charge on any atom is 0.254 e. The Hall–Kier alpha value is -2.21. The van der Waals surface area contributed by atoms with Crippen LogP contribution >= 0.6 is 0 Å². The fourth-order valence-corrected chi connectivity index (χ4v) is 2.03. The molecule has 3 N–H and O–H groups in total. The molecule has 6 heteroatoms. The van der Waals surface area contributed by atoms with Crippen molar-refractivity contribution >= 4 is 5.91 Å². The number of nitrogens with one attached hydrogen (secondary N) is 1. The molecule has 6 nitrogen and oxygen atoms in total. The molecule has 0 aliphatic rings. The molecule has 0 spiro atoms. The number of rotatable bonds is 6. The van der Waals surface area contributed by atoms with Gasteiger partial charge in [0.1, 0.15) is 0 Å². The zero-order chi connectivity index (χ0) is 15.2. The van der Waals surface area contributed by atoms with Crippen LogP contribution in [-0.4, -0.2) is 33.8 Å². The third-order valence-electron chi connectivity index (χ3n) is 3.33. The molecule has 0 saturated carbocycles. The summed E-state index contributed by atoms with van der Waals surface area (Å²) in [5.41, 5.74) is 7.00. The van der Waals surface area contributed by atoms with Crippen molar-refractivity contribution in [1.82, 2.24) is 20.1 Å². The Morgan fingerprint density at radius 2 is 2.29 bits per heavy atom. The van der Waals surface area contributed by atoms with Gasteiger partial charge in [0.05, 0.1) is 17.5 Å². The molecule has 0 aliphatic carbocycles. The summed E-state index contributed by atoms with van der Waals surface area (Å²) in [7, 11) is 0. The van der Waals surface area contributed by atoms with Crippen LogP contribution in [0.15, 0.2) is 30.6 Å². The summed E-state index contributed by atoms with van der Waals surface area (Å²) in [6.07, 6.45) is 4.00. The lowest BCUT2D eigenvalue weighted by molar-refractivity contribution is 0.0947. The Bertz CT molecular complexity index is 593. The molecule has 0 fully saturated rings. The van der Waals surface area contributed by atoms with Gasteiger partial charge in [-0.05, 0) is 31.0 Å². The third kappa shape index (κ3) is 3.46. The summed E-state index contributed by atoms with van der Waals surface area (Å²) < 4.78 is 1.71. The van der Waals surface area contributed by atoms with Gasteiger partial charge in [0.25, 0.3) is 5.91 Å². The maximum absolute atomic E-state index is 12.3. The molecule has 0 bridgehead atoms. The van der Waals surface area contributed by atoms with Crippen LogP contribution in [0.25, 0.3) is 5.82 Å². The van der Waals surface area contributed by atoms with E-state index in [-0.39, 0.29) is 11.8 Å². The van der Waals surface area contributed by atoms with Gasteiger partial charge in [0, 0.05) is 12.7 Å². The summed E-state index contributed by atoms with van der Waals surface area (Å²) in [4.78, 5) is 16.5. The molecular weight excluding hydrogens is 266 g/mol. The van der Waals surface area contributed by atoms with E-state index in [0.29, 0.717) is 30.9 Å². The van der Waals surface area contributed by atoms with Crippen LogP contribution in [0.2, 0.25) is 0 Å². The van der Waals surface area contributed by atoms with Crippen LogP contribution < -0.4 is 11.1 Å². The molecule has 1 atom stereocenters. The lowest BCUT2D eigenvalue weighted by atomic mass is 10.1. The van der Waals surface area contributed by atoms with E-state index in [4.69, 9.17) is 5.73 Å². The van der Waals surface area contributed by atoms with E-state index in [1.165, 1.54) is 0 Å². The fraction of sp³-hybridized carbons (Fsp3) is 0.400. The molecule has 1 unspecified atom stereocenters. The molecule has 2 aromatic heterocycles.